The van der Waals surface area contributed by atoms with Gasteiger partial charge in [0.1, 0.15) is 5.82 Å². The van der Waals surface area contributed by atoms with Gasteiger partial charge in [-0.2, -0.15) is 0 Å². The lowest BCUT2D eigenvalue weighted by Gasteiger charge is -1.99. The summed E-state index contributed by atoms with van der Waals surface area (Å²) >= 11 is 1.02. The molecule has 2 rings (SSSR count). The maximum atomic E-state index is 12.8. The van der Waals surface area contributed by atoms with Crippen molar-refractivity contribution in [2.24, 2.45) is 0 Å². The summed E-state index contributed by atoms with van der Waals surface area (Å²) in [6.07, 6.45) is 2.27. The highest BCUT2D eigenvalue weighted by Crippen LogP contribution is 2.17. The number of anilines is 2. The van der Waals surface area contributed by atoms with Gasteiger partial charge in [0, 0.05) is 6.20 Å². The van der Waals surface area contributed by atoms with Crippen LogP contribution >= 0.6 is 11.3 Å². The number of rotatable bonds is 2. The van der Waals surface area contributed by atoms with Crippen LogP contribution in [0, 0.1) is 5.82 Å². The summed E-state index contributed by atoms with van der Waals surface area (Å²) in [7, 11) is 0. The maximum Gasteiger partial charge on any atom is 0.259 e. The fourth-order valence-electron chi connectivity index (χ4n) is 0.990. The van der Waals surface area contributed by atoms with E-state index >= 15 is 0 Å². The van der Waals surface area contributed by atoms with Crippen molar-refractivity contribution in [3.63, 3.8) is 0 Å². The predicted molar refractivity (Wildman–Crippen MR) is 56.5 cm³/mol. The zero-order valence-corrected chi connectivity index (χ0v) is 8.66. The van der Waals surface area contributed by atoms with E-state index in [4.69, 9.17) is 5.73 Å². The van der Waals surface area contributed by atoms with Gasteiger partial charge in [0.05, 0.1) is 11.8 Å². The Hall–Kier alpha value is -2.09. The van der Waals surface area contributed by atoms with Crippen LogP contribution in [0.3, 0.4) is 0 Å². The summed E-state index contributed by atoms with van der Waals surface area (Å²) in [6.45, 7) is 0. The molecule has 0 aliphatic heterocycles. The van der Waals surface area contributed by atoms with Crippen molar-refractivity contribution < 1.29 is 9.18 Å². The minimum Gasteiger partial charge on any atom is -0.374 e. The van der Waals surface area contributed by atoms with Crippen molar-refractivity contribution in [2.45, 2.75) is 0 Å². The number of pyridine rings is 1. The van der Waals surface area contributed by atoms with E-state index in [9.17, 15) is 9.18 Å². The second-order valence-corrected chi connectivity index (χ2v) is 3.80. The molecule has 3 N–H and O–H groups in total. The van der Waals surface area contributed by atoms with Crippen molar-refractivity contribution in [3.05, 3.63) is 29.8 Å². The number of hydrogen-bond acceptors (Lipinski definition) is 6. The number of nitrogens with zero attached hydrogens (tertiary/aromatic N) is 3. The first kappa shape index (κ1) is 10.4. The molecule has 0 unspecified atom stereocenters. The number of halogens is 1. The fraction of sp³-hybridized carbons (Fsp3) is 0. The number of amides is 1. The Morgan fingerprint density at radius 2 is 2.25 bits per heavy atom. The molecule has 2 aromatic heterocycles. The second-order valence-electron chi connectivity index (χ2n) is 2.79. The Morgan fingerprint density at radius 3 is 2.88 bits per heavy atom. The summed E-state index contributed by atoms with van der Waals surface area (Å²) in [6, 6.07) is 1.08. The van der Waals surface area contributed by atoms with E-state index in [0.717, 1.165) is 23.6 Å². The molecular weight excluding hydrogens is 233 g/mol. The third-order valence-electron chi connectivity index (χ3n) is 1.63. The molecule has 6 nitrogen and oxygen atoms in total. The topological polar surface area (TPSA) is 93.8 Å². The minimum absolute atomic E-state index is 0.105. The smallest absolute Gasteiger partial charge is 0.259 e. The lowest BCUT2D eigenvalue weighted by Crippen LogP contribution is -2.12. The summed E-state index contributed by atoms with van der Waals surface area (Å²) in [5.74, 6) is -1.09. The third kappa shape index (κ3) is 2.28. The first-order chi connectivity index (χ1) is 7.65. The standard InChI is InChI=1S/C8H6FN5OS/c9-5-1-4(2-11-3-5)6(15)12-8-14-13-7(10)16-8/h1-3H,(H2,10,13)(H,12,14,15). The minimum atomic E-state index is -0.579. The zero-order chi connectivity index (χ0) is 11.5. The molecule has 82 valence electrons. The van der Waals surface area contributed by atoms with Gasteiger partial charge in [-0.3, -0.25) is 15.1 Å². The first-order valence-electron chi connectivity index (χ1n) is 4.16. The van der Waals surface area contributed by atoms with Crippen LogP contribution in [-0.2, 0) is 0 Å². The van der Waals surface area contributed by atoms with Crippen molar-refractivity contribution >= 4 is 27.5 Å². The van der Waals surface area contributed by atoms with E-state index in [2.05, 4.69) is 20.5 Å². The summed E-state index contributed by atoms with van der Waals surface area (Å²) in [5, 5.41) is 10.0. The summed E-state index contributed by atoms with van der Waals surface area (Å²) in [4.78, 5) is 15.1. The van der Waals surface area contributed by atoms with E-state index in [-0.39, 0.29) is 15.8 Å². The third-order valence-corrected chi connectivity index (χ3v) is 2.30. The molecule has 0 aromatic carbocycles. The number of nitrogens with two attached hydrogens (primary N) is 1. The average Bonchev–Trinajstić information content (AvgIpc) is 2.64. The monoisotopic (exact) mass is 239 g/mol. The van der Waals surface area contributed by atoms with Crippen LogP contribution in [0.1, 0.15) is 10.4 Å². The number of nitrogens with one attached hydrogen (secondary N) is 1. The normalized spacial score (nSPS) is 10.1. The van der Waals surface area contributed by atoms with Crippen LogP contribution in [0.5, 0.6) is 0 Å². The molecule has 0 saturated heterocycles. The molecule has 2 heterocycles. The van der Waals surface area contributed by atoms with Crippen LogP contribution in [0.15, 0.2) is 18.5 Å². The Balaban J connectivity index is 2.14. The predicted octanol–water partition coefficient (Wildman–Crippen LogP) is 0.907. The number of aromatic nitrogens is 3. The molecule has 2 aromatic rings. The SMILES string of the molecule is Nc1nnc(NC(=O)c2cncc(F)c2)s1. The van der Waals surface area contributed by atoms with E-state index in [1.165, 1.54) is 6.20 Å². The Morgan fingerprint density at radius 1 is 1.44 bits per heavy atom. The molecule has 0 aliphatic carbocycles. The zero-order valence-electron chi connectivity index (χ0n) is 7.85. The van der Waals surface area contributed by atoms with Gasteiger partial charge < -0.3 is 5.73 Å². The van der Waals surface area contributed by atoms with Gasteiger partial charge in [0.2, 0.25) is 10.3 Å². The van der Waals surface area contributed by atoms with E-state index in [1.807, 2.05) is 0 Å². The van der Waals surface area contributed by atoms with Gasteiger partial charge in [-0.15, -0.1) is 10.2 Å². The molecule has 0 saturated carbocycles. The molecule has 0 bridgehead atoms. The van der Waals surface area contributed by atoms with Gasteiger partial charge in [-0.1, -0.05) is 11.3 Å². The summed E-state index contributed by atoms with van der Waals surface area (Å²) in [5.41, 5.74) is 5.44. The maximum absolute atomic E-state index is 12.8. The molecule has 8 heteroatoms. The quantitative estimate of drug-likeness (QED) is 0.812. The highest BCUT2D eigenvalue weighted by Gasteiger charge is 2.10. The van der Waals surface area contributed by atoms with E-state index < -0.39 is 11.7 Å². The van der Waals surface area contributed by atoms with E-state index in [1.54, 1.807) is 0 Å². The van der Waals surface area contributed by atoms with Crippen LogP contribution < -0.4 is 11.1 Å². The Bertz CT molecular complexity index is 529. The largest absolute Gasteiger partial charge is 0.374 e. The Kier molecular flexibility index (Phi) is 2.73. The fourth-order valence-corrected chi connectivity index (χ4v) is 1.50. The number of hydrogen-bond donors (Lipinski definition) is 2. The number of carbonyl (C=O) groups excluding carboxylic acids is 1. The molecule has 0 atom stereocenters. The van der Waals surface area contributed by atoms with Crippen molar-refractivity contribution in [2.75, 3.05) is 11.1 Å². The lowest BCUT2D eigenvalue weighted by molar-refractivity contribution is 0.102. The second kappa shape index (κ2) is 4.19. The van der Waals surface area contributed by atoms with E-state index in [0.29, 0.717) is 0 Å². The average molecular weight is 239 g/mol. The highest BCUT2D eigenvalue weighted by atomic mass is 32.1. The van der Waals surface area contributed by atoms with Crippen LogP contribution in [0.4, 0.5) is 14.7 Å². The van der Waals surface area contributed by atoms with Crippen LogP contribution in [-0.4, -0.2) is 21.1 Å². The van der Waals surface area contributed by atoms with Crippen LogP contribution in [0.25, 0.3) is 0 Å². The van der Waals surface area contributed by atoms with Crippen molar-refractivity contribution in [1.29, 1.82) is 0 Å². The molecule has 0 aliphatic rings. The van der Waals surface area contributed by atoms with Crippen molar-refractivity contribution in [3.8, 4) is 0 Å². The van der Waals surface area contributed by atoms with Crippen molar-refractivity contribution in [1.82, 2.24) is 15.2 Å². The molecule has 16 heavy (non-hydrogen) atoms. The Labute approximate surface area is 93.3 Å². The number of nitrogen functional groups attached to an aromatic ring is 1. The first-order valence-corrected chi connectivity index (χ1v) is 4.97. The molecule has 0 radical (unpaired) electrons. The van der Waals surface area contributed by atoms with Gasteiger partial charge in [0.25, 0.3) is 5.91 Å². The molecule has 0 spiro atoms. The molecule has 0 fully saturated rings. The molecule has 1 amide bonds. The van der Waals surface area contributed by atoms with Gasteiger partial charge in [0.15, 0.2) is 0 Å². The molecular formula is C8H6FN5OS. The van der Waals surface area contributed by atoms with Crippen LogP contribution in [0.2, 0.25) is 0 Å². The summed E-state index contributed by atoms with van der Waals surface area (Å²) < 4.78 is 12.8. The lowest BCUT2D eigenvalue weighted by atomic mass is 10.3. The van der Waals surface area contributed by atoms with Gasteiger partial charge in [-0.25, -0.2) is 4.39 Å². The van der Waals surface area contributed by atoms with Gasteiger partial charge in [-0.05, 0) is 6.07 Å². The number of carbonyl (C=O) groups is 1. The van der Waals surface area contributed by atoms with Gasteiger partial charge >= 0.3 is 0 Å². The highest BCUT2D eigenvalue weighted by molar-refractivity contribution is 7.19.